The zero-order valence-corrected chi connectivity index (χ0v) is 16.2. The van der Waals surface area contributed by atoms with Gasteiger partial charge in [0, 0.05) is 5.56 Å². The van der Waals surface area contributed by atoms with Crippen molar-refractivity contribution < 1.29 is 28.3 Å². The summed E-state index contributed by atoms with van der Waals surface area (Å²) in [5, 5.41) is 5.38. The summed E-state index contributed by atoms with van der Waals surface area (Å²) in [6.07, 6.45) is 0. The minimum atomic E-state index is -1.41. The molecule has 1 fully saturated rings. The van der Waals surface area contributed by atoms with Crippen molar-refractivity contribution in [2.24, 2.45) is 0 Å². The summed E-state index contributed by atoms with van der Waals surface area (Å²) in [7, 11) is 1.47. The number of hydrogen-bond acceptors (Lipinski definition) is 5. The number of amides is 5. The number of urea groups is 1. The number of carbonyl (C=O) groups is 4. The van der Waals surface area contributed by atoms with E-state index in [1.807, 2.05) is 0 Å². The number of nitrogens with zero attached hydrogens (tertiary/aromatic N) is 1. The molecule has 0 bridgehead atoms. The summed E-state index contributed by atoms with van der Waals surface area (Å²) in [4.78, 5) is 49.2. The van der Waals surface area contributed by atoms with Crippen LogP contribution in [0.25, 0.3) is 0 Å². The maximum atomic E-state index is 13.2. The lowest BCUT2D eigenvalue weighted by atomic mass is 9.92. The van der Waals surface area contributed by atoms with Gasteiger partial charge in [0.15, 0.2) is 0 Å². The van der Waals surface area contributed by atoms with Gasteiger partial charge in [-0.15, -0.1) is 0 Å². The van der Waals surface area contributed by atoms with Crippen LogP contribution in [0.15, 0.2) is 48.5 Å². The van der Waals surface area contributed by atoms with Crippen LogP contribution in [0.3, 0.4) is 0 Å². The molecule has 2 aromatic carbocycles. The molecule has 0 unspecified atom stereocenters. The fraction of sp³-hybridized carbons (Fsp3) is 0.200. The second kappa shape index (κ2) is 8.19. The molecule has 156 valence electrons. The zero-order chi connectivity index (χ0) is 21.9. The minimum absolute atomic E-state index is 0.0309. The molecule has 1 aliphatic rings. The van der Waals surface area contributed by atoms with Gasteiger partial charge in [-0.25, -0.2) is 9.18 Å². The van der Waals surface area contributed by atoms with Crippen molar-refractivity contribution in [3.8, 4) is 5.75 Å². The van der Waals surface area contributed by atoms with Gasteiger partial charge in [0.2, 0.25) is 0 Å². The van der Waals surface area contributed by atoms with E-state index in [2.05, 4.69) is 16.1 Å². The number of halogens is 1. The van der Waals surface area contributed by atoms with Crippen LogP contribution in [0.5, 0.6) is 5.75 Å². The summed E-state index contributed by atoms with van der Waals surface area (Å²) < 4.78 is 18.3. The fourth-order valence-corrected chi connectivity index (χ4v) is 2.93. The third kappa shape index (κ3) is 4.07. The first-order valence-electron chi connectivity index (χ1n) is 8.89. The first-order valence-corrected chi connectivity index (χ1v) is 8.89. The van der Waals surface area contributed by atoms with Crippen LogP contribution in [0.1, 0.15) is 22.8 Å². The second-order valence-electron chi connectivity index (χ2n) is 6.66. The number of carbonyl (C=O) groups excluding carboxylic acids is 4. The highest BCUT2D eigenvalue weighted by molar-refractivity contribution is 6.08. The third-order valence-electron chi connectivity index (χ3n) is 4.57. The number of methoxy groups -OCH3 is 1. The smallest absolute Gasteiger partial charge is 0.344 e. The van der Waals surface area contributed by atoms with Crippen LogP contribution in [0.4, 0.5) is 9.18 Å². The SMILES string of the molecule is COc1cccc([C@@]2(C)NC(=O)N(NC(=O)CNC(=O)c3cccc(F)c3)C2=O)c1. The molecule has 1 saturated heterocycles. The molecule has 0 spiro atoms. The number of nitrogens with one attached hydrogen (secondary N) is 3. The Balaban J connectivity index is 1.65. The van der Waals surface area contributed by atoms with Gasteiger partial charge in [0.1, 0.15) is 17.1 Å². The van der Waals surface area contributed by atoms with Crippen molar-refractivity contribution in [3.05, 3.63) is 65.5 Å². The van der Waals surface area contributed by atoms with Crippen molar-refractivity contribution >= 4 is 23.8 Å². The zero-order valence-electron chi connectivity index (χ0n) is 16.2. The molecule has 0 saturated carbocycles. The standard InChI is InChI=1S/C20H19FN4O5/c1-20(13-6-4-8-15(10-13)30-2)18(28)25(19(29)23-20)24-16(26)11-22-17(27)12-5-3-7-14(21)9-12/h3-10H,11H2,1-2H3,(H,22,27)(H,23,29)(H,24,26)/t20-/m1/s1. The molecule has 1 aliphatic heterocycles. The Bertz CT molecular complexity index is 1030. The van der Waals surface area contributed by atoms with Gasteiger partial charge in [-0.05, 0) is 42.8 Å². The average molecular weight is 414 g/mol. The molecule has 1 heterocycles. The van der Waals surface area contributed by atoms with E-state index in [9.17, 15) is 23.6 Å². The molecule has 3 N–H and O–H groups in total. The summed E-state index contributed by atoms with van der Waals surface area (Å²) >= 11 is 0. The molecule has 10 heteroatoms. The van der Waals surface area contributed by atoms with E-state index >= 15 is 0 Å². The minimum Gasteiger partial charge on any atom is -0.497 e. The van der Waals surface area contributed by atoms with Crippen molar-refractivity contribution in [2.75, 3.05) is 13.7 Å². The number of hydrogen-bond donors (Lipinski definition) is 3. The van der Waals surface area contributed by atoms with Gasteiger partial charge in [-0.2, -0.15) is 5.01 Å². The molecule has 9 nitrogen and oxygen atoms in total. The Kier molecular flexibility index (Phi) is 5.67. The van der Waals surface area contributed by atoms with Gasteiger partial charge in [-0.3, -0.25) is 19.8 Å². The second-order valence-corrected chi connectivity index (χ2v) is 6.66. The lowest BCUT2D eigenvalue weighted by Crippen LogP contribution is -2.50. The van der Waals surface area contributed by atoms with Crippen LogP contribution in [0.2, 0.25) is 0 Å². The van der Waals surface area contributed by atoms with Gasteiger partial charge < -0.3 is 15.4 Å². The highest BCUT2D eigenvalue weighted by Gasteiger charge is 2.50. The Hall–Kier alpha value is -3.95. The van der Waals surface area contributed by atoms with Gasteiger partial charge in [0.25, 0.3) is 17.7 Å². The highest BCUT2D eigenvalue weighted by Crippen LogP contribution is 2.30. The lowest BCUT2D eigenvalue weighted by molar-refractivity contribution is -0.138. The quantitative estimate of drug-likeness (QED) is 0.611. The molecule has 2 aromatic rings. The van der Waals surface area contributed by atoms with E-state index in [1.54, 1.807) is 24.3 Å². The van der Waals surface area contributed by atoms with E-state index in [0.29, 0.717) is 16.3 Å². The molecule has 0 aliphatic carbocycles. The maximum Gasteiger partial charge on any atom is 0.344 e. The maximum absolute atomic E-state index is 13.2. The monoisotopic (exact) mass is 414 g/mol. The summed E-state index contributed by atoms with van der Waals surface area (Å²) in [6, 6.07) is 10.7. The number of hydrazine groups is 1. The Morgan fingerprint density at radius 1 is 1.17 bits per heavy atom. The Labute approximate surface area is 171 Å². The van der Waals surface area contributed by atoms with E-state index in [0.717, 1.165) is 6.07 Å². The van der Waals surface area contributed by atoms with Crippen LogP contribution >= 0.6 is 0 Å². The topological polar surface area (TPSA) is 117 Å². The molecular weight excluding hydrogens is 395 g/mol. The van der Waals surface area contributed by atoms with Crippen molar-refractivity contribution in [1.82, 2.24) is 21.1 Å². The normalized spacial score (nSPS) is 18.0. The van der Waals surface area contributed by atoms with E-state index in [-0.39, 0.29) is 5.56 Å². The van der Waals surface area contributed by atoms with Crippen LogP contribution in [-0.2, 0) is 15.1 Å². The predicted molar refractivity (Wildman–Crippen MR) is 103 cm³/mol. The largest absolute Gasteiger partial charge is 0.497 e. The van der Waals surface area contributed by atoms with E-state index in [1.165, 1.54) is 32.2 Å². The van der Waals surface area contributed by atoms with Gasteiger partial charge in [-0.1, -0.05) is 18.2 Å². The number of benzene rings is 2. The molecule has 0 aromatic heterocycles. The van der Waals surface area contributed by atoms with Crippen molar-refractivity contribution in [3.63, 3.8) is 0 Å². The Morgan fingerprint density at radius 2 is 1.90 bits per heavy atom. The molecular formula is C20H19FN4O5. The average Bonchev–Trinajstić information content (AvgIpc) is 2.96. The van der Waals surface area contributed by atoms with Crippen LogP contribution in [0, 0.1) is 5.82 Å². The highest BCUT2D eigenvalue weighted by atomic mass is 19.1. The molecule has 3 rings (SSSR count). The molecule has 5 amide bonds. The summed E-state index contributed by atoms with van der Waals surface area (Å²) in [5.74, 6) is -2.28. The fourth-order valence-electron chi connectivity index (χ4n) is 2.93. The Morgan fingerprint density at radius 3 is 2.60 bits per heavy atom. The summed E-state index contributed by atoms with van der Waals surface area (Å²) in [5.41, 5.74) is 1.25. The first kappa shape index (κ1) is 20.8. The summed E-state index contributed by atoms with van der Waals surface area (Å²) in [6.45, 7) is 0.974. The predicted octanol–water partition coefficient (Wildman–Crippen LogP) is 1.06. The molecule has 30 heavy (non-hydrogen) atoms. The number of rotatable bonds is 6. The van der Waals surface area contributed by atoms with Crippen LogP contribution in [-0.4, -0.2) is 42.4 Å². The number of imide groups is 1. The first-order chi connectivity index (χ1) is 14.2. The number of ether oxygens (including phenoxy) is 1. The third-order valence-corrected chi connectivity index (χ3v) is 4.57. The van der Waals surface area contributed by atoms with Gasteiger partial charge in [0.05, 0.1) is 13.7 Å². The van der Waals surface area contributed by atoms with Gasteiger partial charge >= 0.3 is 6.03 Å². The molecule has 0 radical (unpaired) electrons. The van der Waals surface area contributed by atoms with Crippen LogP contribution < -0.4 is 20.8 Å². The lowest BCUT2D eigenvalue weighted by Gasteiger charge is -2.22. The molecule has 1 atom stereocenters. The van der Waals surface area contributed by atoms with E-state index in [4.69, 9.17) is 4.74 Å². The van der Waals surface area contributed by atoms with Crippen molar-refractivity contribution in [1.29, 1.82) is 0 Å². The van der Waals surface area contributed by atoms with E-state index < -0.39 is 41.7 Å². The van der Waals surface area contributed by atoms with Crippen molar-refractivity contribution in [2.45, 2.75) is 12.5 Å².